The summed E-state index contributed by atoms with van der Waals surface area (Å²) < 4.78 is 12.4. The van der Waals surface area contributed by atoms with Crippen molar-refractivity contribution in [2.45, 2.75) is 19.6 Å². The zero-order chi connectivity index (χ0) is 17.6. The smallest absolute Gasteiger partial charge is 0.325 e. The van der Waals surface area contributed by atoms with Gasteiger partial charge < -0.3 is 14.0 Å². The minimum absolute atomic E-state index is 0.0978. The average molecular weight is 334 g/mol. The van der Waals surface area contributed by atoms with Crippen molar-refractivity contribution in [1.29, 1.82) is 5.26 Å². The number of benzene rings is 2. The van der Waals surface area contributed by atoms with Crippen LogP contribution in [0.3, 0.4) is 0 Å². The molecule has 126 valence electrons. The number of nitriles is 1. The third kappa shape index (κ3) is 3.81. The van der Waals surface area contributed by atoms with E-state index in [0.29, 0.717) is 12.4 Å². The van der Waals surface area contributed by atoms with E-state index < -0.39 is 0 Å². The van der Waals surface area contributed by atoms with Gasteiger partial charge in [-0.15, -0.1) is 0 Å². The number of esters is 1. The normalized spacial score (nSPS) is 10.4. The molecule has 0 aliphatic carbocycles. The van der Waals surface area contributed by atoms with Gasteiger partial charge in [-0.25, -0.2) is 0 Å². The van der Waals surface area contributed by atoms with Crippen molar-refractivity contribution in [2.24, 2.45) is 0 Å². The van der Waals surface area contributed by atoms with Gasteiger partial charge in [0, 0.05) is 17.6 Å². The van der Waals surface area contributed by atoms with Gasteiger partial charge in [0.2, 0.25) is 0 Å². The van der Waals surface area contributed by atoms with Crippen molar-refractivity contribution in [1.82, 2.24) is 4.57 Å². The van der Waals surface area contributed by atoms with E-state index >= 15 is 0 Å². The van der Waals surface area contributed by atoms with E-state index in [9.17, 15) is 4.79 Å². The highest BCUT2D eigenvalue weighted by Gasteiger charge is 2.12. The standard InChI is InChI=1S/C20H18N2O3/c1-24-20(23)13-22-12-16(9-10-21)18-8-7-17(11-19(18)22)25-14-15-5-3-2-4-6-15/h2-8,11-12H,9,13-14H2,1H3. The van der Waals surface area contributed by atoms with Crippen LogP contribution in [0.15, 0.2) is 54.7 Å². The second-order valence-corrected chi connectivity index (χ2v) is 5.65. The van der Waals surface area contributed by atoms with Gasteiger partial charge in [0.1, 0.15) is 18.9 Å². The maximum Gasteiger partial charge on any atom is 0.325 e. The molecule has 0 saturated carbocycles. The molecule has 25 heavy (non-hydrogen) atoms. The predicted molar refractivity (Wildman–Crippen MR) is 94.0 cm³/mol. The average Bonchev–Trinajstić information content (AvgIpc) is 2.98. The topological polar surface area (TPSA) is 64.2 Å². The number of nitrogens with zero attached hydrogens (tertiary/aromatic N) is 2. The number of carbonyl (C=O) groups is 1. The maximum atomic E-state index is 11.6. The highest BCUT2D eigenvalue weighted by atomic mass is 16.5. The van der Waals surface area contributed by atoms with Gasteiger partial charge in [-0.05, 0) is 23.3 Å². The Morgan fingerprint density at radius 3 is 2.72 bits per heavy atom. The van der Waals surface area contributed by atoms with E-state index in [4.69, 9.17) is 14.7 Å². The summed E-state index contributed by atoms with van der Waals surface area (Å²) >= 11 is 0. The van der Waals surface area contributed by atoms with Gasteiger partial charge in [-0.2, -0.15) is 5.26 Å². The van der Waals surface area contributed by atoms with E-state index in [1.54, 1.807) is 4.57 Å². The molecule has 3 aromatic rings. The molecular formula is C20H18N2O3. The van der Waals surface area contributed by atoms with Crippen LogP contribution in [0.1, 0.15) is 11.1 Å². The molecule has 0 aliphatic heterocycles. The highest BCUT2D eigenvalue weighted by Crippen LogP contribution is 2.27. The van der Waals surface area contributed by atoms with Crippen LogP contribution >= 0.6 is 0 Å². The molecule has 0 unspecified atom stereocenters. The summed E-state index contributed by atoms with van der Waals surface area (Å²) in [6, 6.07) is 17.8. The first-order valence-electron chi connectivity index (χ1n) is 7.93. The first-order valence-corrected chi connectivity index (χ1v) is 7.93. The van der Waals surface area contributed by atoms with Crippen molar-refractivity contribution < 1.29 is 14.3 Å². The molecule has 0 spiro atoms. The number of methoxy groups -OCH3 is 1. The molecule has 2 aromatic carbocycles. The predicted octanol–water partition coefficient (Wildman–Crippen LogP) is 3.46. The second-order valence-electron chi connectivity index (χ2n) is 5.65. The molecule has 5 nitrogen and oxygen atoms in total. The first kappa shape index (κ1) is 16.6. The van der Waals surface area contributed by atoms with E-state index in [2.05, 4.69) is 6.07 Å². The fourth-order valence-corrected chi connectivity index (χ4v) is 2.74. The summed E-state index contributed by atoms with van der Waals surface area (Å²) in [6.45, 7) is 0.565. The number of carbonyl (C=O) groups excluding carboxylic acids is 1. The second kappa shape index (κ2) is 7.54. The highest BCUT2D eigenvalue weighted by molar-refractivity contribution is 5.87. The molecule has 0 N–H and O–H groups in total. The van der Waals surface area contributed by atoms with Crippen LogP contribution in [-0.2, 0) is 29.1 Å². The summed E-state index contributed by atoms with van der Waals surface area (Å²) in [5.41, 5.74) is 2.81. The molecule has 0 amide bonds. The van der Waals surface area contributed by atoms with E-state index in [-0.39, 0.29) is 18.9 Å². The number of ether oxygens (including phenoxy) is 2. The molecule has 5 heteroatoms. The van der Waals surface area contributed by atoms with Gasteiger partial charge in [0.05, 0.1) is 25.1 Å². The summed E-state index contributed by atoms with van der Waals surface area (Å²) in [7, 11) is 1.36. The summed E-state index contributed by atoms with van der Waals surface area (Å²) in [5, 5.41) is 9.95. The van der Waals surface area contributed by atoms with Crippen LogP contribution in [0.25, 0.3) is 10.9 Å². The van der Waals surface area contributed by atoms with Gasteiger partial charge in [-0.3, -0.25) is 4.79 Å². The van der Waals surface area contributed by atoms with Crippen molar-refractivity contribution >= 4 is 16.9 Å². The summed E-state index contributed by atoms with van der Waals surface area (Å²) in [5.74, 6) is 0.375. The first-order chi connectivity index (χ1) is 12.2. The Morgan fingerprint density at radius 1 is 1.20 bits per heavy atom. The lowest BCUT2D eigenvalue weighted by Crippen LogP contribution is -2.10. The van der Waals surface area contributed by atoms with E-state index in [0.717, 1.165) is 22.0 Å². The summed E-state index contributed by atoms with van der Waals surface area (Å²) in [6.07, 6.45) is 2.11. The number of rotatable bonds is 6. The van der Waals surface area contributed by atoms with Gasteiger partial charge >= 0.3 is 5.97 Å². The van der Waals surface area contributed by atoms with E-state index in [1.165, 1.54) is 7.11 Å². The van der Waals surface area contributed by atoms with E-state index in [1.807, 2.05) is 54.7 Å². The van der Waals surface area contributed by atoms with Crippen LogP contribution in [-0.4, -0.2) is 17.6 Å². The van der Waals surface area contributed by atoms with Crippen LogP contribution in [0.2, 0.25) is 0 Å². The number of aromatic nitrogens is 1. The minimum Gasteiger partial charge on any atom is -0.489 e. The molecule has 0 bridgehead atoms. The zero-order valence-electron chi connectivity index (χ0n) is 13.9. The molecule has 1 aromatic heterocycles. The fraction of sp³-hybridized carbons (Fsp3) is 0.200. The molecular weight excluding hydrogens is 316 g/mol. The number of hydrogen-bond donors (Lipinski definition) is 0. The monoisotopic (exact) mass is 334 g/mol. The van der Waals surface area contributed by atoms with Gasteiger partial charge in [-0.1, -0.05) is 30.3 Å². The molecule has 0 aliphatic rings. The third-order valence-electron chi connectivity index (χ3n) is 3.98. The molecule has 0 radical (unpaired) electrons. The Bertz CT molecular complexity index is 923. The molecule has 0 atom stereocenters. The number of hydrogen-bond acceptors (Lipinski definition) is 4. The van der Waals surface area contributed by atoms with Crippen LogP contribution < -0.4 is 4.74 Å². The number of fused-ring (bicyclic) bond motifs is 1. The lowest BCUT2D eigenvalue weighted by molar-refractivity contribution is -0.141. The Kier molecular flexibility index (Phi) is 5.00. The minimum atomic E-state index is -0.337. The maximum absolute atomic E-state index is 11.6. The Morgan fingerprint density at radius 2 is 2.00 bits per heavy atom. The Labute approximate surface area is 146 Å². The van der Waals surface area contributed by atoms with Crippen molar-refractivity contribution in [3.63, 3.8) is 0 Å². The van der Waals surface area contributed by atoms with Crippen LogP contribution in [0, 0.1) is 11.3 Å². The van der Waals surface area contributed by atoms with Crippen LogP contribution in [0.5, 0.6) is 5.75 Å². The van der Waals surface area contributed by atoms with Crippen molar-refractivity contribution in [2.75, 3.05) is 7.11 Å². The van der Waals surface area contributed by atoms with Gasteiger partial charge in [0.15, 0.2) is 0 Å². The molecule has 0 fully saturated rings. The van der Waals surface area contributed by atoms with Crippen molar-refractivity contribution in [3.8, 4) is 11.8 Å². The molecule has 1 heterocycles. The van der Waals surface area contributed by atoms with Crippen LogP contribution in [0.4, 0.5) is 0 Å². The summed E-state index contributed by atoms with van der Waals surface area (Å²) in [4.78, 5) is 11.6. The quantitative estimate of drug-likeness (QED) is 0.648. The molecule has 0 saturated heterocycles. The third-order valence-corrected chi connectivity index (χ3v) is 3.98. The zero-order valence-corrected chi connectivity index (χ0v) is 13.9. The Hall–Kier alpha value is -3.26. The SMILES string of the molecule is COC(=O)Cn1cc(CC#N)c2ccc(OCc3ccccc3)cc21. The lowest BCUT2D eigenvalue weighted by atomic mass is 10.1. The fourth-order valence-electron chi connectivity index (χ4n) is 2.74. The van der Waals surface area contributed by atoms with Gasteiger partial charge in [0.25, 0.3) is 0 Å². The molecule has 3 rings (SSSR count). The largest absolute Gasteiger partial charge is 0.489 e. The lowest BCUT2D eigenvalue weighted by Gasteiger charge is -2.08. The van der Waals surface area contributed by atoms with Crippen molar-refractivity contribution in [3.05, 3.63) is 65.9 Å². The Balaban J connectivity index is 1.90.